The molecular formula is C33H29F3N6O3. The van der Waals surface area contributed by atoms with Crippen LogP contribution in [0.4, 0.5) is 19.0 Å². The van der Waals surface area contributed by atoms with E-state index in [0.717, 1.165) is 5.57 Å². The Morgan fingerprint density at radius 1 is 1.22 bits per heavy atom. The fourth-order valence-electron chi connectivity index (χ4n) is 7.42. The molecule has 3 fully saturated rings. The van der Waals surface area contributed by atoms with Crippen LogP contribution in [0.25, 0.3) is 32.9 Å². The number of halogens is 3. The van der Waals surface area contributed by atoms with Crippen LogP contribution in [0.3, 0.4) is 0 Å². The lowest BCUT2D eigenvalue weighted by atomic mass is 9.93. The Hall–Kier alpha value is -4.60. The number of rotatable bonds is 4. The number of hydrogen-bond acceptors (Lipinski definition) is 9. The molecule has 0 saturated carbocycles. The summed E-state index contributed by atoms with van der Waals surface area (Å²) in [5.74, 6) is 1.20. The number of ether oxygens (including phenoxy) is 2. The number of phenolic OH excluding ortho intramolecular Hbond substituents is 1. The monoisotopic (exact) mass is 614 g/mol. The average molecular weight is 615 g/mol. The zero-order valence-corrected chi connectivity index (χ0v) is 24.2. The summed E-state index contributed by atoms with van der Waals surface area (Å²) < 4.78 is 58.7. The average Bonchev–Trinajstić information content (AvgIpc) is 3.42. The second-order valence-corrected chi connectivity index (χ2v) is 12.3. The molecule has 4 aliphatic rings. The van der Waals surface area contributed by atoms with Crippen LogP contribution in [0.15, 0.2) is 36.4 Å². The van der Waals surface area contributed by atoms with Crippen LogP contribution in [-0.4, -0.2) is 88.6 Å². The van der Waals surface area contributed by atoms with Crippen molar-refractivity contribution in [1.29, 1.82) is 0 Å². The van der Waals surface area contributed by atoms with E-state index in [1.807, 2.05) is 9.80 Å². The number of benzene rings is 2. The number of pyridine rings is 1. The van der Waals surface area contributed by atoms with Crippen LogP contribution in [0.2, 0.25) is 0 Å². The number of phenols is 1. The third-order valence-electron chi connectivity index (χ3n) is 9.35. The van der Waals surface area contributed by atoms with Crippen molar-refractivity contribution < 1.29 is 27.8 Å². The van der Waals surface area contributed by atoms with Gasteiger partial charge in [-0.2, -0.15) is 9.97 Å². The number of terminal acetylenes is 1. The third kappa shape index (κ3) is 4.36. The van der Waals surface area contributed by atoms with Crippen LogP contribution in [0.1, 0.15) is 18.4 Å². The molecule has 6 heterocycles. The van der Waals surface area contributed by atoms with Gasteiger partial charge in [0.2, 0.25) is 5.88 Å². The predicted octanol–water partition coefficient (Wildman–Crippen LogP) is 4.10. The Balaban J connectivity index is 1.33. The highest BCUT2D eigenvalue weighted by atomic mass is 19.1. The van der Waals surface area contributed by atoms with Crippen molar-refractivity contribution in [3.63, 3.8) is 0 Å². The van der Waals surface area contributed by atoms with Crippen molar-refractivity contribution >= 4 is 27.5 Å². The lowest BCUT2D eigenvalue weighted by molar-refractivity contribution is 0.107. The van der Waals surface area contributed by atoms with Crippen molar-refractivity contribution in [3.8, 4) is 41.2 Å². The van der Waals surface area contributed by atoms with Gasteiger partial charge in [-0.05, 0) is 30.0 Å². The summed E-state index contributed by atoms with van der Waals surface area (Å²) in [5.41, 5.74) is 0.0985. The van der Waals surface area contributed by atoms with Crippen molar-refractivity contribution in [2.45, 2.75) is 30.6 Å². The maximum atomic E-state index is 16.9. The van der Waals surface area contributed by atoms with Gasteiger partial charge < -0.3 is 24.8 Å². The Bertz CT molecular complexity index is 1960. The summed E-state index contributed by atoms with van der Waals surface area (Å²) in [6.45, 7) is 7.20. The van der Waals surface area contributed by atoms with E-state index < -0.39 is 23.3 Å². The van der Waals surface area contributed by atoms with Gasteiger partial charge in [0.25, 0.3) is 0 Å². The number of aromatic hydroxyl groups is 1. The zero-order chi connectivity index (χ0) is 31.0. The summed E-state index contributed by atoms with van der Waals surface area (Å²) in [6.07, 6.45) is 5.60. The Morgan fingerprint density at radius 3 is 2.93 bits per heavy atom. The summed E-state index contributed by atoms with van der Waals surface area (Å²) in [4.78, 5) is 18.0. The Labute approximate surface area is 256 Å². The van der Waals surface area contributed by atoms with E-state index in [1.165, 1.54) is 24.3 Å². The minimum atomic E-state index is -0.980. The minimum absolute atomic E-state index is 0.0658. The maximum absolute atomic E-state index is 16.9. The molecule has 8 rings (SSSR count). The largest absolute Gasteiger partial charge is 0.508 e. The molecule has 0 aliphatic carbocycles. The molecule has 4 aliphatic heterocycles. The molecular weight excluding hydrogens is 585 g/mol. The van der Waals surface area contributed by atoms with Gasteiger partial charge in [0.1, 0.15) is 53.4 Å². The van der Waals surface area contributed by atoms with Gasteiger partial charge in [-0.1, -0.05) is 24.1 Å². The first kappa shape index (κ1) is 27.9. The summed E-state index contributed by atoms with van der Waals surface area (Å²) in [7, 11) is 0. The molecule has 3 saturated heterocycles. The SMILES string of the molecule is C#Cc1c(F)ccc2cc(O)cc(-c3nc4c5c(nc(OCC67CC(=C)CN6CC(F)C7)nc5c3F)N3CCNC[C@H]3CO4)c12. The molecule has 230 valence electrons. The van der Waals surface area contributed by atoms with Crippen LogP contribution < -0.4 is 19.7 Å². The molecule has 2 N–H and O–H groups in total. The number of alkyl halides is 1. The van der Waals surface area contributed by atoms with E-state index in [0.29, 0.717) is 56.8 Å². The lowest BCUT2D eigenvalue weighted by Crippen LogP contribution is -2.53. The van der Waals surface area contributed by atoms with Gasteiger partial charge in [0.05, 0.1) is 17.1 Å². The van der Waals surface area contributed by atoms with Gasteiger partial charge in [-0.3, -0.25) is 4.90 Å². The van der Waals surface area contributed by atoms with E-state index in [9.17, 15) is 13.9 Å². The number of anilines is 1. The summed E-state index contributed by atoms with van der Waals surface area (Å²) in [5, 5.41) is 14.8. The first-order chi connectivity index (χ1) is 21.7. The normalized spacial score (nSPS) is 24.3. The molecule has 0 bridgehead atoms. The number of nitrogens with zero attached hydrogens (tertiary/aromatic N) is 5. The number of fused-ring (bicyclic) bond motifs is 4. The Morgan fingerprint density at radius 2 is 2.09 bits per heavy atom. The molecule has 3 atom stereocenters. The highest BCUT2D eigenvalue weighted by Crippen LogP contribution is 2.45. The standard InChI is InChI=1S/C33H29F3N6O3/c1-3-22-24(35)5-4-18-8-21(43)9-23(25(18)22)28-27(36)29-26-30(42-7-6-37-12-20(42)15-44-31(26)38-28)40-32(39-29)45-16-33-10-17(2)13-41(33)14-19(34)11-33/h1,4-5,8-9,19-20,37,43H,2,6-7,10-16H2/t19?,20-,33?/m0/s1. The van der Waals surface area contributed by atoms with E-state index >= 15 is 4.39 Å². The predicted molar refractivity (Wildman–Crippen MR) is 162 cm³/mol. The lowest BCUT2D eigenvalue weighted by Gasteiger charge is -2.35. The summed E-state index contributed by atoms with van der Waals surface area (Å²) >= 11 is 0. The fourth-order valence-corrected chi connectivity index (χ4v) is 7.42. The van der Waals surface area contributed by atoms with Crippen LogP contribution in [-0.2, 0) is 0 Å². The van der Waals surface area contributed by atoms with Crippen molar-refractivity contribution in [1.82, 2.24) is 25.2 Å². The molecule has 2 aromatic carbocycles. The van der Waals surface area contributed by atoms with E-state index in [4.69, 9.17) is 20.9 Å². The van der Waals surface area contributed by atoms with Gasteiger partial charge >= 0.3 is 6.01 Å². The molecule has 2 unspecified atom stereocenters. The first-order valence-electron chi connectivity index (χ1n) is 14.9. The number of aromatic nitrogens is 3. The molecule has 0 amide bonds. The maximum Gasteiger partial charge on any atom is 0.319 e. The molecule has 0 radical (unpaired) electrons. The quantitative estimate of drug-likeness (QED) is 0.260. The smallest absolute Gasteiger partial charge is 0.319 e. The topological polar surface area (TPSA) is 95.9 Å². The second-order valence-electron chi connectivity index (χ2n) is 12.3. The molecule has 4 aromatic rings. The van der Waals surface area contributed by atoms with Crippen LogP contribution in [0, 0.1) is 24.0 Å². The van der Waals surface area contributed by atoms with Crippen molar-refractivity contribution in [2.24, 2.45) is 0 Å². The fraction of sp³-hybridized carbons (Fsp3) is 0.364. The van der Waals surface area contributed by atoms with Gasteiger partial charge in [-0.25, -0.2) is 18.2 Å². The van der Waals surface area contributed by atoms with Crippen LogP contribution >= 0.6 is 0 Å². The van der Waals surface area contributed by atoms with Crippen molar-refractivity contribution in [3.05, 3.63) is 53.6 Å². The highest BCUT2D eigenvalue weighted by molar-refractivity contribution is 6.04. The number of nitrogens with one attached hydrogen (secondary N) is 1. The van der Waals surface area contributed by atoms with Crippen molar-refractivity contribution in [2.75, 3.05) is 50.8 Å². The molecule has 12 heteroatoms. The van der Waals surface area contributed by atoms with Gasteiger partial charge in [-0.15, -0.1) is 6.42 Å². The third-order valence-corrected chi connectivity index (χ3v) is 9.35. The Kier molecular flexibility index (Phi) is 6.34. The van der Waals surface area contributed by atoms with Gasteiger partial charge in [0.15, 0.2) is 5.82 Å². The first-order valence-corrected chi connectivity index (χ1v) is 14.9. The van der Waals surface area contributed by atoms with E-state index in [2.05, 4.69) is 27.8 Å². The zero-order valence-electron chi connectivity index (χ0n) is 24.2. The van der Waals surface area contributed by atoms with Gasteiger partial charge in [0, 0.05) is 50.1 Å². The minimum Gasteiger partial charge on any atom is -0.508 e. The molecule has 2 aromatic heterocycles. The molecule has 45 heavy (non-hydrogen) atoms. The second kappa shape index (κ2) is 10.2. The molecule has 0 spiro atoms. The van der Waals surface area contributed by atoms with E-state index in [1.54, 1.807) is 0 Å². The number of hydrogen-bond donors (Lipinski definition) is 2. The highest BCUT2D eigenvalue weighted by Gasteiger charge is 2.51. The molecule has 9 nitrogen and oxygen atoms in total. The van der Waals surface area contributed by atoms with Crippen LogP contribution in [0.5, 0.6) is 17.6 Å². The summed E-state index contributed by atoms with van der Waals surface area (Å²) in [6, 6.07) is 5.18. The number of piperazine rings is 1. The van der Waals surface area contributed by atoms with E-state index in [-0.39, 0.29) is 70.0 Å².